The zero-order valence-electron chi connectivity index (χ0n) is 16.7. The third kappa shape index (κ3) is 5.90. The van der Waals surface area contributed by atoms with Crippen LogP contribution in [-0.2, 0) is 27.7 Å². The van der Waals surface area contributed by atoms with E-state index in [0.29, 0.717) is 5.56 Å². The van der Waals surface area contributed by atoms with Gasteiger partial charge in [-0.3, -0.25) is 4.79 Å². The molecule has 32 heavy (non-hydrogen) atoms. The van der Waals surface area contributed by atoms with E-state index in [2.05, 4.69) is 15.0 Å². The molecule has 1 fully saturated rings. The molecule has 3 rings (SSSR count). The van der Waals surface area contributed by atoms with E-state index in [1.165, 1.54) is 30.5 Å². The summed E-state index contributed by atoms with van der Waals surface area (Å²) in [5.74, 6) is -0.748. The van der Waals surface area contributed by atoms with E-state index in [4.69, 9.17) is 4.74 Å². The van der Waals surface area contributed by atoms with Crippen molar-refractivity contribution in [3.63, 3.8) is 0 Å². The number of carbonyl (C=O) groups is 1. The third-order valence-corrected chi connectivity index (χ3v) is 5.16. The fourth-order valence-corrected chi connectivity index (χ4v) is 3.51. The zero-order valence-corrected chi connectivity index (χ0v) is 16.7. The smallest absolute Gasteiger partial charge is 0.422 e. The topological polar surface area (TPSA) is 60.5 Å². The Hall–Kier alpha value is -2.82. The Labute approximate surface area is 179 Å². The highest BCUT2D eigenvalue weighted by atomic mass is 19.4. The van der Waals surface area contributed by atoms with E-state index in [9.17, 15) is 31.1 Å². The number of benzene rings is 1. The molecule has 0 aliphatic carbocycles. The molecule has 0 unspecified atom stereocenters. The van der Waals surface area contributed by atoms with Gasteiger partial charge in [-0.15, -0.1) is 0 Å². The van der Waals surface area contributed by atoms with Gasteiger partial charge in [-0.05, 0) is 36.1 Å². The predicted molar refractivity (Wildman–Crippen MR) is 101 cm³/mol. The lowest BCUT2D eigenvalue weighted by Crippen LogP contribution is -2.48. The average molecular weight is 462 g/mol. The molecule has 1 aromatic carbocycles. The number of aromatic nitrogens is 1. The molecule has 1 N–H and O–H groups in total. The number of hydrogen-bond donors (Lipinski definition) is 1. The number of nitrogens with one attached hydrogen (secondary N) is 1. The number of carbonyl (C=O) groups excluding carboxylic acids is 1. The van der Waals surface area contributed by atoms with Crippen LogP contribution in [0.5, 0.6) is 5.88 Å². The van der Waals surface area contributed by atoms with Crippen molar-refractivity contribution in [3.8, 4) is 5.88 Å². The third-order valence-electron chi connectivity index (χ3n) is 5.16. The molecule has 0 radical (unpaired) electrons. The van der Waals surface area contributed by atoms with Crippen LogP contribution in [0.4, 0.5) is 26.3 Å². The van der Waals surface area contributed by atoms with E-state index in [-0.39, 0.29) is 44.0 Å². The standard InChI is InChI=1S/C21H20F6N2O3/c22-20(23,24)13-32-17-10-14(4-7-28-17)12-29-18(30)19(5-8-31-9-6-19)15-2-1-3-16(11-15)21(25,26)27/h1-4,7,10-11H,5-6,8-9,12-13H2,(H,29,30). The second kappa shape index (κ2) is 9.35. The van der Waals surface area contributed by atoms with Crippen molar-refractivity contribution < 1.29 is 40.6 Å². The molecule has 5 nitrogen and oxygen atoms in total. The van der Waals surface area contributed by atoms with Gasteiger partial charge in [0, 0.05) is 32.0 Å². The molecule has 1 aliphatic heterocycles. The molecule has 2 aromatic rings. The maximum Gasteiger partial charge on any atom is 0.422 e. The van der Waals surface area contributed by atoms with Gasteiger partial charge in [-0.25, -0.2) is 4.98 Å². The maximum absolute atomic E-state index is 13.2. The van der Waals surface area contributed by atoms with Crippen LogP contribution in [0.3, 0.4) is 0 Å². The number of halogens is 6. The lowest BCUT2D eigenvalue weighted by atomic mass is 9.73. The van der Waals surface area contributed by atoms with Crippen LogP contribution in [0, 0.1) is 0 Å². The van der Waals surface area contributed by atoms with Gasteiger partial charge >= 0.3 is 12.4 Å². The second-order valence-electron chi connectivity index (χ2n) is 7.36. The Balaban J connectivity index is 1.77. The molecule has 2 heterocycles. The number of amides is 1. The molecular formula is C21H20F6N2O3. The van der Waals surface area contributed by atoms with E-state index in [0.717, 1.165) is 12.1 Å². The summed E-state index contributed by atoms with van der Waals surface area (Å²) < 4.78 is 86.4. The Morgan fingerprint density at radius 2 is 1.81 bits per heavy atom. The van der Waals surface area contributed by atoms with Crippen molar-refractivity contribution in [3.05, 3.63) is 59.3 Å². The minimum absolute atomic E-state index is 0.0642. The summed E-state index contributed by atoms with van der Waals surface area (Å²) in [6, 6.07) is 7.40. The van der Waals surface area contributed by atoms with Crippen molar-refractivity contribution in [1.29, 1.82) is 0 Å². The average Bonchev–Trinajstić information content (AvgIpc) is 2.76. The maximum atomic E-state index is 13.2. The SMILES string of the molecule is O=C(NCc1ccnc(OCC(F)(F)F)c1)C1(c2cccc(C(F)(F)F)c2)CCOCC1. The Morgan fingerprint density at radius 1 is 1.09 bits per heavy atom. The zero-order chi connectivity index (χ0) is 23.4. The summed E-state index contributed by atoms with van der Waals surface area (Å²) in [5, 5.41) is 2.68. The molecular weight excluding hydrogens is 442 g/mol. The molecule has 0 atom stereocenters. The number of alkyl halides is 6. The summed E-state index contributed by atoms with van der Waals surface area (Å²) in [6.07, 6.45) is -7.45. The van der Waals surface area contributed by atoms with E-state index >= 15 is 0 Å². The minimum Gasteiger partial charge on any atom is -0.468 e. The van der Waals surface area contributed by atoms with Crippen molar-refractivity contribution in [1.82, 2.24) is 10.3 Å². The normalized spacial score (nSPS) is 16.4. The molecule has 0 saturated carbocycles. The largest absolute Gasteiger partial charge is 0.468 e. The van der Waals surface area contributed by atoms with Crippen LogP contribution in [0.1, 0.15) is 29.5 Å². The van der Waals surface area contributed by atoms with Gasteiger partial charge in [0.25, 0.3) is 0 Å². The van der Waals surface area contributed by atoms with E-state index < -0.39 is 35.8 Å². The molecule has 11 heteroatoms. The second-order valence-corrected chi connectivity index (χ2v) is 7.36. The first-order chi connectivity index (χ1) is 15.0. The Kier molecular flexibility index (Phi) is 6.97. The quantitative estimate of drug-likeness (QED) is 0.647. The van der Waals surface area contributed by atoms with E-state index in [1.54, 1.807) is 0 Å². The molecule has 1 amide bonds. The molecule has 174 valence electrons. The molecule has 1 aliphatic rings. The number of rotatable bonds is 6. The first-order valence-corrected chi connectivity index (χ1v) is 9.68. The predicted octanol–water partition coefficient (Wildman–Crippen LogP) is 4.41. The molecule has 1 saturated heterocycles. The van der Waals surface area contributed by atoms with E-state index in [1.807, 2.05) is 0 Å². The van der Waals surface area contributed by atoms with Crippen LogP contribution in [0.2, 0.25) is 0 Å². The first kappa shape index (κ1) is 23.8. The van der Waals surface area contributed by atoms with Crippen LogP contribution < -0.4 is 10.1 Å². The van der Waals surface area contributed by atoms with Gasteiger partial charge in [0.05, 0.1) is 11.0 Å². The van der Waals surface area contributed by atoms with Gasteiger partial charge in [-0.2, -0.15) is 26.3 Å². The highest BCUT2D eigenvalue weighted by molar-refractivity contribution is 5.88. The van der Waals surface area contributed by atoms with Crippen LogP contribution in [0.25, 0.3) is 0 Å². The summed E-state index contributed by atoms with van der Waals surface area (Å²) >= 11 is 0. The van der Waals surface area contributed by atoms with Crippen LogP contribution in [0.15, 0.2) is 42.6 Å². The molecule has 0 spiro atoms. The van der Waals surface area contributed by atoms with Crippen molar-refractivity contribution in [2.75, 3.05) is 19.8 Å². The van der Waals surface area contributed by atoms with Crippen LogP contribution >= 0.6 is 0 Å². The van der Waals surface area contributed by atoms with Crippen molar-refractivity contribution in [2.24, 2.45) is 0 Å². The van der Waals surface area contributed by atoms with Gasteiger partial charge in [0.2, 0.25) is 11.8 Å². The number of nitrogens with zero attached hydrogens (tertiary/aromatic N) is 1. The monoisotopic (exact) mass is 462 g/mol. The minimum atomic E-state index is -4.55. The van der Waals surface area contributed by atoms with Gasteiger partial charge < -0.3 is 14.8 Å². The highest BCUT2D eigenvalue weighted by Crippen LogP contribution is 2.38. The van der Waals surface area contributed by atoms with Crippen molar-refractivity contribution in [2.45, 2.75) is 37.2 Å². The summed E-state index contributed by atoms with van der Waals surface area (Å²) in [5.41, 5.74) is -1.41. The Bertz CT molecular complexity index is 940. The van der Waals surface area contributed by atoms with Gasteiger partial charge in [0.15, 0.2) is 6.61 Å². The van der Waals surface area contributed by atoms with Gasteiger partial charge in [0.1, 0.15) is 0 Å². The molecule has 1 aromatic heterocycles. The fourth-order valence-electron chi connectivity index (χ4n) is 3.51. The number of ether oxygens (including phenoxy) is 2. The Morgan fingerprint density at radius 3 is 2.47 bits per heavy atom. The fraction of sp³-hybridized carbons (Fsp3) is 0.429. The number of hydrogen-bond acceptors (Lipinski definition) is 4. The van der Waals surface area contributed by atoms with Crippen molar-refractivity contribution >= 4 is 5.91 Å². The van der Waals surface area contributed by atoms with Gasteiger partial charge in [-0.1, -0.05) is 18.2 Å². The van der Waals surface area contributed by atoms with Crippen LogP contribution in [-0.4, -0.2) is 36.9 Å². The summed E-state index contributed by atoms with van der Waals surface area (Å²) in [6.45, 7) is -1.16. The lowest BCUT2D eigenvalue weighted by molar-refractivity contribution is -0.154. The molecule has 0 bridgehead atoms. The summed E-state index contributed by atoms with van der Waals surface area (Å²) in [4.78, 5) is 16.8. The summed E-state index contributed by atoms with van der Waals surface area (Å²) in [7, 11) is 0. The first-order valence-electron chi connectivity index (χ1n) is 9.68. The lowest BCUT2D eigenvalue weighted by Gasteiger charge is -2.36. The highest BCUT2D eigenvalue weighted by Gasteiger charge is 2.43. The number of pyridine rings is 1.